The molecule has 0 radical (unpaired) electrons. The molecule has 4 aromatic rings. The highest BCUT2D eigenvalue weighted by atomic mass is 15.3. The van der Waals surface area contributed by atoms with Gasteiger partial charge in [0.25, 0.3) is 0 Å². The molecule has 9 nitrogen and oxygen atoms in total. The van der Waals surface area contributed by atoms with Gasteiger partial charge in [-0.2, -0.15) is 9.97 Å². The van der Waals surface area contributed by atoms with Crippen LogP contribution in [-0.4, -0.2) is 62.5 Å². The van der Waals surface area contributed by atoms with Crippen molar-refractivity contribution in [2.24, 2.45) is 0 Å². The van der Waals surface area contributed by atoms with Crippen molar-refractivity contribution in [3.8, 4) is 0 Å². The number of imidazole rings is 1. The second kappa shape index (κ2) is 9.26. The maximum Gasteiger partial charge on any atom is 0.232 e. The molecule has 9 heteroatoms. The summed E-state index contributed by atoms with van der Waals surface area (Å²) in [4.78, 5) is 23.2. The Hall–Kier alpha value is -3.72. The molecule has 0 aromatic carbocycles. The highest BCUT2D eigenvalue weighted by Gasteiger charge is 2.22. The molecule has 1 fully saturated rings. The molecule has 5 rings (SSSR count). The Morgan fingerprint density at radius 3 is 2.47 bits per heavy atom. The summed E-state index contributed by atoms with van der Waals surface area (Å²) in [6.07, 6.45) is 7.92. The third-order valence-electron chi connectivity index (χ3n) is 6.24. The number of nitrogens with zero attached hydrogens (tertiary/aromatic N) is 7. The van der Waals surface area contributed by atoms with Crippen LogP contribution < -0.4 is 15.5 Å². The summed E-state index contributed by atoms with van der Waals surface area (Å²) in [6.45, 7) is 5.97. The fourth-order valence-corrected chi connectivity index (χ4v) is 4.48. The largest absolute Gasteiger partial charge is 0.356 e. The van der Waals surface area contributed by atoms with Crippen molar-refractivity contribution in [2.75, 3.05) is 42.7 Å². The lowest BCUT2D eigenvalue weighted by molar-refractivity contribution is 0.249. The van der Waals surface area contributed by atoms with E-state index in [1.54, 1.807) is 6.20 Å². The second-order valence-corrected chi connectivity index (χ2v) is 9.15. The van der Waals surface area contributed by atoms with E-state index >= 15 is 0 Å². The number of nitrogens with one attached hydrogen (secondary N) is 2. The van der Waals surface area contributed by atoms with E-state index in [4.69, 9.17) is 9.97 Å². The third-order valence-corrected chi connectivity index (χ3v) is 6.24. The van der Waals surface area contributed by atoms with Crippen LogP contribution in [0.25, 0.3) is 5.65 Å². The average molecular weight is 458 g/mol. The van der Waals surface area contributed by atoms with Crippen molar-refractivity contribution >= 4 is 34.7 Å². The minimum absolute atomic E-state index is 0.522. The van der Waals surface area contributed by atoms with Gasteiger partial charge in [-0.15, -0.1) is 0 Å². The first-order valence-corrected chi connectivity index (χ1v) is 11.7. The highest BCUT2D eigenvalue weighted by Crippen LogP contribution is 2.26. The first-order valence-electron chi connectivity index (χ1n) is 11.7. The Morgan fingerprint density at radius 2 is 1.71 bits per heavy atom. The van der Waals surface area contributed by atoms with Gasteiger partial charge in [0.2, 0.25) is 5.95 Å². The monoisotopic (exact) mass is 457 g/mol. The van der Waals surface area contributed by atoms with Gasteiger partial charge in [0.1, 0.15) is 23.1 Å². The van der Waals surface area contributed by atoms with E-state index in [2.05, 4.69) is 57.5 Å². The number of aromatic nitrogens is 5. The number of hydrogen-bond donors (Lipinski definition) is 2. The van der Waals surface area contributed by atoms with Gasteiger partial charge in [0.05, 0.1) is 0 Å². The Kier molecular flexibility index (Phi) is 6.02. The van der Waals surface area contributed by atoms with Crippen LogP contribution in [0, 0.1) is 13.8 Å². The van der Waals surface area contributed by atoms with Gasteiger partial charge >= 0.3 is 0 Å². The Balaban J connectivity index is 1.45. The second-order valence-electron chi connectivity index (χ2n) is 9.15. The molecule has 34 heavy (non-hydrogen) atoms. The van der Waals surface area contributed by atoms with Gasteiger partial charge in [0, 0.05) is 61.2 Å². The lowest BCUT2D eigenvalue weighted by Crippen LogP contribution is -2.42. The average Bonchev–Trinajstić information content (AvgIpc) is 3.26. The fraction of sp³-hybridized carbons (Fsp3) is 0.360. The summed E-state index contributed by atoms with van der Waals surface area (Å²) < 4.78 is 1.98. The lowest BCUT2D eigenvalue weighted by Gasteiger charge is -2.36. The first-order chi connectivity index (χ1) is 16.4. The van der Waals surface area contributed by atoms with E-state index in [-0.39, 0.29) is 0 Å². The Bertz CT molecular complexity index is 1270. The molecule has 0 bridgehead atoms. The van der Waals surface area contributed by atoms with Gasteiger partial charge in [-0.3, -0.25) is 0 Å². The lowest BCUT2D eigenvalue weighted by atomic mass is 10.0. The zero-order valence-electron chi connectivity index (χ0n) is 20.2. The van der Waals surface area contributed by atoms with Crippen molar-refractivity contribution in [3.05, 3.63) is 60.2 Å². The van der Waals surface area contributed by atoms with Crippen LogP contribution >= 0.6 is 0 Å². The number of piperidine rings is 1. The number of rotatable bonds is 6. The normalized spacial score (nSPS) is 14.7. The number of anilines is 5. The predicted molar refractivity (Wildman–Crippen MR) is 136 cm³/mol. The standard InChI is InChI=1S/C25H31N9/c1-17-13-18(2)27-21(14-17)29-25-30-22(28-19-5-9-34-12-8-26-23(34)15-19)16-24(31-25)33-10-6-20(7-11-33)32(3)4/h5,8-9,12-16,20H,6-7,10-11H2,1-4H3,(H2,27,28,29,30,31). The minimum Gasteiger partial charge on any atom is -0.356 e. The van der Waals surface area contributed by atoms with E-state index < -0.39 is 0 Å². The summed E-state index contributed by atoms with van der Waals surface area (Å²) in [6, 6.07) is 10.7. The van der Waals surface area contributed by atoms with Crippen molar-refractivity contribution in [1.82, 2.24) is 29.2 Å². The van der Waals surface area contributed by atoms with Crippen molar-refractivity contribution in [3.63, 3.8) is 0 Å². The van der Waals surface area contributed by atoms with Crippen LogP contribution in [0.15, 0.2) is 48.9 Å². The van der Waals surface area contributed by atoms with Crippen molar-refractivity contribution < 1.29 is 0 Å². The summed E-state index contributed by atoms with van der Waals surface area (Å²) in [7, 11) is 4.31. The summed E-state index contributed by atoms with van der Waals surface area (Å²) in [5.41, 5.74) is 3.90. The number of pyridine rings is 2. The van der Waals surface area contributed by atoms with E-state index in [0.29, 0.717) is 12.0 Å². The molecular formula is C25H31N9. The van der Waals surface area contributed by atoms with Crippen LogP contribution in [0.4, 0.5) is 29.1 Å². The van der Waals surface area contributed by atoms with Gasteiger partial charge in [-0.1, -0.05) is 0 Å². The highest BCUT2D eigenvalue weighted by molar-refractivity contribution is 5.65. The Labute approximate surface area is 199 Å². The van der Waals surface area contributed by atoms with Crippen LogP contribution in [0.2, 0.25) is 0 Å². The van der Waals surface area contributed by atoms with Crippen molar-refractivity contribution in [1.29, 1.82) is 0 Å². The molecular weight excluding hydrogens is 426 g/mol. The van der Waals surface area contributed by atoms with Crippen LogP contribution in [0.3, 0.4) is 0 Å². The smallest absolute Gasteiger partial charge is 0.232 e. The van der Waals surface area contributed by atoms with Crippen LogP contribution in [0.5, 0.6) is 0 Å². The molecule has 0 saturated carbocycles. The zero-order valence-corrected chi connectivity index (χ0v) is 20.2. The van der Waals surface area contributed by atoms with Gasteiger partial charge in [-0.25, -0.2) is 9.97 Å². The topological polar surface area (TPSA) is 86.5 Å². The fourth-order valence-electron chi connectivity index (χ4n) is 4.48. The minimum atomic E-state index is 0.522. The van der Waals surface area contributed by atoms with Gasteiger partial charge in [-0.05, 0) is 64.5 Å². The van der Waals surface area contributed by atoms with Crippen molar-refractivity contribution in [2.45, 2.75) is 32.7 Å². The molecule has 0 aliphatic carbocycles. The molecule has 1 saturated heterocycles. The number of hydrogen-bond acceptors (Lipinski definition) is 8. The number of aryl methyl sites for hydroxylation is 2. The molecule has 0 spiro atoms. The van der Waals surface area contributed by atoms with Crippen LogP contribution in [0.1, 0.15) is 24.1 Å². The molecule has 176 valence electrons. The molecule has 4 aromatic heterocycles. The van der Waals surface area contributed by atoms with E-state index in [0.717, 1.165) is 66.0 Å². The molecule has 2 N–H and O–H groups in total. The van der Waals surface area contributed by atoms with E-state index in [1.165, 1.54) is 0 Å². The van der Waals surface area contributed by atoms with Crippen LogP contribution in [-0.2, 0) is 0 Å². The quantitative estimate of drug-likeness (QED) is 0.447. The maximum absolute atomic E-state index is 4.86. The summed E-state index contributed by atoms with van der Waals surface area (Å²) in [5, 5.41) is 6.76. The maximum atomic E-state index is 4.86. The van der Waals surface area contributed by atoms with E-state index in [9.17, 15) is 0 Å². The predicted octanol–water partition coefficient (Wildman–Crippen LogP) is 4.15. The molecule has 0 amide bonds. The molecule has 1 aliphatic rings. The molecule has 0 unspecified atom stereocenters. The number of fused-ring (bicyclic) bond motifs is 1. The molecule has 1 aliphatic heterocycles. The SMILES string of the molecule is Cc1cc(C)nc(Nc2nc(Nc3ccn4ccnc4c3)cc(N3CCC(N(C)C)CC3)n2)c1. The third kappa shape index (κ3) is 4.94. The molecule has 0 atom stereocenters. The zero-order chi connectivity index (χ0) is 23.7. The first kappa shape index (κ1) is 22.1. The summed E-state index contributed by atoms with van der Waals surface area (Å²) in [5.74, 6) is 2.89. The molecule has 5 heterocycles. The Morgan fingerprint density at radius 1 is 0.912 bits per heavy atom. The summed E-state index contributed by atoms with van der Waals surface area (Å²) >= 11 is 0. The van der Waals surface area contributed by atoms with Gasteiger partial charge in [0.15, 0.2) is 0 Å². The van der Waals surface area contributed by atoms with E-state index in [1.807, 2.05) is 48.0 Å². The van der Waals surface area contributed by atoms with Gasteiger partial charge < -0.3 is 24.8 Å².